The molecule has 0 saturated carbocycles. The molecule has 0 heterocycles. The predicted octanol–water partition coefficient (Wildman–Crippen LogP) is 4.74. The Bertz CT molecular complexity index is 408. The molecule has 1 nitrogen and oxygen atoms in total. The van der Waals surface area contributed by atoms with Gasteiger partial charge in [-0.2, -0.15) is 0 Å². The van der Waals surface area contributed by atoms with Gasteiger partial charge in [-0.25, -0.2) is 0 Å². The fourth-order valence-electron chi connectivity index (χ4n) is 1.83. The highest BCUT2D eigenvalue weighted by Crippen LogP contribution is 2.15. The van der Waals surface area contributed by atoms with Gasteiger partial charge in [-0.3, -0.25) is 0 Å². The lowest BCUT2D eigenvalue weighted by Crippen LogP contribution is -2.21. The van der Waals surface area contributed by atoms with Crippen molar-refractivity contribution in [3.8, 4) is 0 Å². The summed E-state index contributed by atoms with van der Waals surface area (Å²) in [6, 6.07) is 21.1. The molecule has 0 unspecified atom stereocenters. The van der Waals surface area contributed by atoms with Crippen LogP contribution in [0.3, 0.4) is 0 Å². The predicted molar refractivity (Wildman–Crippen MR) is 81.0 cm³/mol. The van der Waals surface area contributed by atoms with Crippen molar-refractivity contribution in [3.63, 3.8) is 0 Å². The molecule has 0 bridgehead atoms. The number of nitrogens with zero attached hydrogens (tertiary/aromatic N) is 1. The third kappa shape index (κ3) is 4.25. The number of hydrogen-bond donors (Lipinski definition) is 0. The second-order valence-electron chi connectivity index (χ2n) is 3.84. The van der Waals surface area contributed by atoms with E-state index in [1.165, 1.54) is 11.3 Å². The van der Waals surface area contributed by atoms with Crippen molar-refractivity contribution < 1.29 is 0 Å². The van der Waals surface area contributed by atoms with Gasteiger partial charge in [0.25, 0.3) is 0 Å². The third-order valence-electron chi connectivity index (χ3n) is 2.72. The fourth-order valence-corrected chi connectivity index (χ4v) is 1.83. The largest absolute Gasteiger partial charge is 0.367 e. The molecular weight excluding hydrogens is 218 g/mol. The summed E-state index contributed by atoms with van der Waals surface area (Å²) in [6.45, 7) is 8.19. The van der Waals surface area contributed by atoms with Crippen LogP contribution < -0.4 is 4.90 Å². The molecule has 0 amide bonds. The maximum atomic E-state index is 2.37. The molecule has 0 saturated heterocycles. The van der Waals surface area contributed by atoms with E-state index in [9.17, 15) is 0 Å². The lowest BCUT2D eigenvalue weighted by molar-refractivity contribution is 0.832. The Balaban J connectivity index is 0.000000771. The van der Waals surface area contributed by atoms with Crippen LogP contribution >= 0.6 is 0 Å². The van der Waals surface area contributed by atoms with Crippen LogP contribution in [0.5, 0.6) is 0 Å². The molecule has 0 aliphatic rings. The van der Waals surface area contributed by atoms with E-state index in [4.69, 9.17) is 0 Å². The van der Waals surface area contributed by atoms with Gasteiger partial charge in [0, 0.05) is 18.8 Å². The highest BCUT2D eigenvalue weighted by atomic mass is 15.1. The highest BCUT2D eigenvalue weighted by Gasteiger charge is 2.03. The fraction of sp³-hybridized carbons (Fsp3) is 0.294. The molecule has 2 rings (SSSR count). The van der Waals surface area contributed by atoms with Gasteiger partial charge in [0.2, 0.25) is 0 Å². The zero-order chi connectivity index (χ0) is 13.2. The number of para-hydroxylation sites is 1. The average Bonchev–Trinajstić information content (AvgIpc) is 2.49. The molecule has 0 radical (unpaired) electrons. The molecule has 18 heavy (non-hydrogen) atoms. The van der Waals surface area contributed by atoms with Crippen LogP contribution in [-0.4, -0.2) is 6.54 Å². The van der Waals surface area contributed by atoms with Crippen LogP contribution in [0.4, 0.5) is 5.69 Å². The summed E-state index contributed by atoms with van der Waals surface area (Å²) >= 11 is 0. The Kier molecular flexibility index (Phi) is 6.63. The summed E-state index contributed by atoms with van der Waals surface area (Å²) in [5.41, 5.74) is 2.64. The Hall–Kier alpha value is -1.76. The lowest BCUT2D eigenvalue weighted by atomic mass is 10.2. The van der Waals surface area contributed by atoms with E-state index in [0.717, 1.165) is 13.1 Å². The highest BCUT2D eigenvalue weighted by molar-refractivity contribution is 5.46. The molecule has 96 valence electrons. The van der Waals surface area contributed by atoms with Crippen LogP contribution in [0.2, 0.25) is 0 Å². The molecule has 0 spiro atoms. The maximum Gasteiger partial charge on any atom is 0.0429 e. The van der Waals surface area contributed by atoms with Crippen LogP contribution in [-0.2, 0) is 6.54 Å². The zero-order valence-electron chi connectivity index (χ0n) is 11.6. The van der Waals surface area contributed by atoms with Crippen molar-refractivity contribution in [1.82, 2.24) is 0 Å². The van der Waals surface area contributed by atoms with Crippen molar-refractivity contribution in [2.75, 3.05) is 11.4 Å². The van der Waals surface area contributed by atoms with Gasteiger partial charge in [0.05, 0.1) is 0 Å². The standard InChI is InChI=1S/C15H17N.C2H6/c1-2-16(15-11-7-4-8-12-15)13-14-9-5-3-6-10-14;1-2/h3-12H,2,13H2,1H3;1-2H3. The van der Waals surface area contributed by atoms with Crippen molar-refractivity contribution in [3.05, 3.63) is 66.2 Å². The number of hydrogen-bond acceptors (Lipinski definition) is 1. The normalized spacial score (nSPS) is 9.28. The van der Waals surface area contributed by atoms with Crippen molar-refractivity contribution >= 4 is 5.69 Å². The molecule has 0 N–H and O–H groups in total. The maximum absolute atomic E-state index is 2.37. The molecule has 2 aromatic rings. The number of anilines is 1. The topological polar surface area (TPSA) is 3.24 Å². The Morgan fingerprint density at radius 3 is 1.78 bits per heavy atom. The SMILES string of the molecule is CC.CCN(Cc1ccccc1)c1ccccc1. The minimum absolute atomic E-state index is 0.974. The Morgan fingerprint density at radius 1 is 0.778 bits per heavy atom. The molecule has 2 aromatic carbocycles. The van der Waals surface area contributed by atoms with Crippen LogP contribution in [0.1, 0.15) is 26.3 Å². The summed E-state index contributed by atoms with van der Waals surface area (Å²) in [7, 11) is 0. The van der Waals surface area contributed by atoms with Gasteiger partial charge in [0.1, 0.15) is 0 Å². The second kappa shape index (κ2) is 8.35. The van der Waals surface area contributed by atoms with E-state index in [2.05, 4.69) is 72.5 Å². The first-order valence-electron chi connectivity index (χ1n) is 6.74. The summed E-state index contributed by atoms with van der Waals surface area (Å²) in [4.78, 5) is 2.37. The van der Waals surface area contributed by atoms with Crippen molar-refractivity contribution in [2.45, 2.75) is 27.3 Å². The molecule has 0 atom stereocenters. The van der Waals surface area contributed by atoms with E-state index in [-0.39, 0.29) is 0 Å². The Labute approximate surface area is 111 Å². The van der Waals surface area contributed by atoms with E-state index in [1.54, 1.807) is 0 Å². The van der Waals surface area contributed by atoms with Gasteiger partial charge in [0.15, 0.2) is 0 Å². The first kappa shape index (κ1) is 14.3. The molecule has 0 aromatic heterocycles. The van der Waals surface area contributed by atoms with E-state index in [0.29, 0.717) is 0 Å². The van der Waals surface area contributed by atoms with Crippen LogP contribution in [0.25, 0.3) is 0 Å². The molecule has 0 aliphatic heterocycles. The van der Waals surface area contributed by atoms with E-state index >= 15 is 0 Å². The minimum atomic E-state index is 0.974. The quantitative estimate of drug-likeness (QED) is 0.747. The molecule has 1 heteroatoms. The number of rotatable bonds is 4. The molecule has 0 fully saturated rings. The van der Waals surface area contributed by atoms with E-state index < -0.39 is 0 Å². The first-order valence-corrected chi connectivity index (χ1v) is 6.74. The first-order chi connectivity index (χ1) is 8.90. The summed E-state index contributed by atoms with van der Waals surface area (Å²) in [5, 5.41) is 0. The van der Waals surface area contributed by atoms with Crippen molar-refractivity contribution in [1.29, 1.82) is 0 Å². The minimum Gasteiger partial charge on any atom is -0.367 e. The van der Waals surface area contributed by atoms with Gasteiger partial charge in [-0.15, -0.1) is 0 Å². The van der Waals surface area contributed by atoms with Crippen LogP contribution in [0, 0.1) is 0 Å². The monoisotopic (exact) mass is 241 g/mol. The van der Waals surface area contributed by atoms with Gasteiger partial charge in [-0.05, 0) is 24.6 Å². The Morgan fingerprint density at radius 2 is 1.28 bits per heavy atom. The summed E-state index contributed by atoms with van der Waals surface area (Å²) < 4.78 is 0. The van der Waals surface area contributed by atoms with Gasteiger partial charge >= 0.3 is 0 Å². The number of benzene rings is 2. The third-order valence-corrected chi connectivity index (χ3v) is 2.72. The van der Waals surface area contributed by atoms with Gasteiger partial charge < -0.3 is 4.90 Å². The summed E-state index contributed by atoms with van der Waals surface area (Å²) in [5.74, 6) is 0. The van der Waals surface area contributed by atoms with Crippen molar-refractivity contribution in [2.24, 2.45) is 0 Å². The lowest BCUT2D eigenvalue weighted by Gasteiger charge is -2.23. The summed E-state index contributed by atoms with van der Waals surface area (Å²) in [6.07, 6.45) is 0. The second-order valence-corrected chi connectivity index (χ2v) is 3.84. The van der Waals surface area contributed by atoms with Gasteiger partial charge in [-0.1, -0.05) is 62.4 Å². The van der Waals surface area contributed by atoms with Crippen LogP contribution in [0.15, 0.2) is 60.7 Å². The zero-order valence-corrected chi connectivity index (χ0v) is 11.6. The average molecular weight is 241 g/mol. The van der Waals surface area contributed by atoms with E-state index in [1.807, 2.05) is 13.8 Å². The molecular formula is C17H23N. The smallest absolute Gasteiger partial charge is 0.0429 e. The molecule has 0 aliphatic carbocycles.